The van der Waals surface area contributed by atoms with E-state index in [2.05, 4.69) is 10.3 Å². The summed E-state index contributed by atoms with van der Waals surface area (Å²) in [6.07, 6.45) is 1.66. The summed E-state index contributed by atoms with van der Waals surface area (Å²) >= 11 is 1.48. The predicted molar refractivity (Wildman–Crippen MR) is 80.1 cm³/mol. The first-order valence-electron chi connectivity index (χ1n) is 6.72. The van der Waals surface area contributed by atoms with Crippen molar-refractivity contribution in [2.45, 2.75) is 13.0 Å². The molecule has 0 aromatic carbocycles. The van der Waals surface area contributed by atoms with Crippen LogP contribution in [0.1, 0.15) is 27.0 Å². The Balaban J connectivity index is 1.97. The second-order valence-corrected chi connectivity index (χ2v) is 5.82. The lowest BCUT2D eigenvalue weighted by Gasteiger charge is -2.34. The SMILES string of the molecule is Cc1ncccc1C(=O)N1CCNC(=O)[C@@H]1c1cccs1. The number of hydrogen-bond acceptors (Lipinski definition) is 4. The molecule has 1 saturated heterocycles. The predicted octanol–water partition coefficient (Wildman–Crippen LogP) is 1.76. The van der Waals surface area contributed by atoms with Gasteiger partial charge in [-0.1, -0.05) is 6.07 Å². The molecule has 1 N–H and O–H groups in total. The molecule has 2 aromatic heterocycles. The molecule has 1 fully saturated rings. The summed E-state index contributed by atoms with van der Waals surface area (Å²) in [6, 6.07) is 6.72. The molecule has 3 rings (SSSR count). The minimum atomic E-state index is -0.550. The fourth-order valence-electron chi connectivity index (χ4n) is 2.48. The second-order valence-electron chi connectivity index (χ2n) is 4.84. The van der Waals surface area contributed by atoms with Gasteiger partial charge >= 0.3 is 0 Å². The van der Waals surface area contributed by atoms with Crippen LogP contribution in [0.2, 0.25) is 0 Å². The van der Waals surface area contributed by atoms with E-state index in [1.807, 2.05) is 17.5 Å². The smallest absolute Gasteiger partial charge is 0.256 e. The highest BCUT2D eigenvalue weighted by Crippen LogP contribution is 2.28. The maximum absolute atomic E-state index is 12.8. The molecule has 0 bridgehead atoms. The quantitative estimate of drug-likeness (QED) is 0.919. The van der Waals surface area contributed by atoms with E-state index in [0.29, 0.717) is 24.3 Å². The lowest BCUT2D eigenvalue weighted by molar-refractivity contribution is -0.127. The van der Waals surface area contributed by atoms with E-state index in [0.717, 1.165) is 4.88 Å². The van der Waals surface area contributed by atoms with Gasteiger partial charge in [0.05, 0.1) is 5.56 Å². The topological polar surface area (TPSA) is 62.3 Å². The summed E-state index contributed by atoms with van der Waals surface area (Å²) < 4.78 is 0. The van der Waals surface area contributed by atoms with E-state index in [-0.39, 0.29) is 11.8 Å². The molecule has 108 valence electrons. The van der Waals surface area contributed by atoms with Crippen molar-refractivity contribution in [1.82, 2.24) is 15.2 Å². The zero-order valence-electron chi connectivity index (χ0n) is 11.6. The molecule has 0 unspecified atom stereocenters. The summed E-state index contributed by atoms with van der Waals surface area (Å²) in [5, 5.41) is 4.74. The van der Waals surface area contributed by atoms with Crippen molar-refractivity contribution in [2.24, 2.45) is 0 Å². The molecule has 6 heteroatoms. The molecule has 21 heavy (non-hydrogen) atoms. The summed E-state index contributed by atoms with van der Waals surface area (Å²) in [5.74, 6) is -0.271. The Hall–Kier alpha value is -2.21. The Bertz CT molecular complexity index is 669. The summed E-state index contributed by atoms with van der Waals surface area (Å²) in [4.78, 5) is 31.7. The van der Waals surface area contributed by atoms with Crippen LogP contribution in [-0.2, 0) is 4.79 Å². The third-order valence-corrected chi connectivity index (χ3v) is 4.45. The molecular weight excluding hydrogens is 286 g/mol. The van der Waals surface area contributed by atoms with Gasteiger partial charge in [-0.2, -0.15) is 0 Å². The van der Waals surface area contributed by atoms with E-state index in [1.54, 1.807) is 30.2 Å². The van der Waals surface area contributed by atoms with Gasteiger partial charge in [-0.15, -0.1) is 11.3 Å². The molecule has 1 aliphatic heterocycles. The van der Waals surface area contributed by atoms with Crippen molar-refractivity contribution < 1.29 is 9.59 Å². The van der Waals surface area contributed by atoms with Crippen molar-refractivity contribution >= 4 is 23.2 Å². The van der Waals surface area contributed by atoms with E-state index in [9.17, 15) is 9.59 Å². The number of hydrogen-bond donors (Lipinski definition) is 1. The number of aryl methyl sites for hydroxylation is 1. The number of carbonyl (C=O) groups excluding carboxylic acids is 2. The summed E-state index contributed by atoms with van der Waals surface area (Å²) in [7, 11) is 0. The first-order chi connectivity index (χ1) is 10.2. The van der Waals surface area contributed by atoms with Crippen molar-refractivity contribution in [2.75, 3.05) is 13.1 Å². The van der Waals surface area contributed by atoms with Gasteiger partial charge in [0.2, 0.25) is 5.91 Å². The lowest BCUT2D eigenvalue weighted by atomic mass is 10.1. The summed E-state index contributed by atoms with van der Waals surface area (Å²) in [5.41, 5.74) is 1.23. The largest absolute Gasteiger partial charge is 0.352 e. The molecule has 0 aliphatic carbocycles. The Labute approximate surface area is 126 Å². The van der Waals surface area contributed by atoms with Gasteiger partial charge in [0.15, 0.2) is 0 Å². The minimum Gasteiger partial charge on any atom is -0.352 e. The van der Waals surface area contributed by atoms with Crippen LogP contribution in [0.5, 0.6) is 0 Å². The van der Waals surface area contributed by atoms with Crippen LogP contribution in [0, 0.1) is 6.92 Å². The number of nitrogens with zero attached hydrogens (tertiary/aromatic N) is 2. The van der Waals surface area contributed by atoms with Gasteiger partial charge in [0.25, 0.3) is 5.91 Å². The highest BCUT2D eigenvalue weighted by Gasteiger charge is 2.35. The standard InChI is InChI=1S/C15H15N3O2S/c1-10-11(4-2-6-16-10)15(20)18-8-7-17-14(19)13(18)12-5-3-9-21-12/h2-6,9,13H,7-8H2,1H3,(H,17,19)/t13-/m0/s1. The number of rotatable bonds is 2. The molecule has 2 aromatic rings. The van der Waals surface area contributed by atoms with Crippen molar-refractivity contribution in [3.8, 4) is 0 Å². The van der Waals surface area contributed by atoms with Crippen LogP contribution in [0.25, 0.3) is 0 Å². The lowest BCUT2D eigenvalue weighted by Crippen LogP contribution is -2.52. The van der Waals surface area contributed by atoms with Gasteiger partial charge in [-0.25, -0.2) is 0 Å². The van der Waals surface area contributed by atoms with Crippen molar-refractivity contribution in [1.29, 1.82) is 0 Å². The van der Waals surface area contributed by atoms with Crippen LogP contribution >= 0.6 is 11.3 Å². The molecule has 1 aliphatic rings. The number of pyridine rings is 1. The van der Waals surface area contributed by atoms with Crippen LogP contribution in [0.3, 0.4) is 0 Å². The monoisotopic (exact) mass is 301 g/mol. The van der Waals surface area contributed by atoms with Crippen LogP contribution in [-0.4, -0.2) is 34.8 Å². The number of thiophene rings is 1. The number of piperazine rings is 1. The highest BCUT2D eigenvalue weighted by atomic mass is 32.1. The van der Waals surface area contributed by atoms with E-state index in [1.165, 1.54) is 11.3 Å². The molecule has 0 radical (unpaired) electrons. The average molecular weight is 301 g/mol. The number of nitrogens with one attached hydrogen (secondary N) is 1. The number of carbonyl (C=O) groups is 2. The molecule has 0 spiro atoms. The third-order valence-electron chi connectivity index (χ3n) is 3.52. The normalized spacial score (nSPS) is 18.4. The van der Waals surface area contributed by atoms with Gasteiger partial charge < -0.3 is 10.2 Å². The average Bonchev–Trinajstić information content (AvgIpc) is 3.00. The fourth-order valence-corrected chi connectivity index (χ4v) is 3.31. The second kappa shape index (κ2) is 5.65. The van der Waals surface area contributed by atoms with E-state index >= 15 is 0 Å². The highest BCUT2D eigenvalue weighted by molar-refractivity contribution is 7.10. The Morgan fingerprint density at radius 1 is 1.43 bits per heavy atom. The maximum atomic E-state index is 12.8. The molecule has 1 atom stereocenters. The maximum Gasteiger partial charge on any atom is 0.256 e. The molecular formula is C15H15N3O2S. The van der Waals surface area contributed by atoms with E-state index in [4.69, 9.17) is 0 Å². The van der Waals surface area contributed by atoms with Crippen molar-refractivity contribution in [3.05, 3.63) is 52.0 Å². The molecule has 2 amide bonds. The van der Waals surface area contributed by atoms with Gasteiger partial charge in [-0.05, 0) is 30.5 Å². The first kappa shape index (κ1) is 13.8. The Morgan fingerprint density at radius 3 is 3.00 bits per heavy atom. The van der Waals surface area contributed by atoms with Crippen molar-refractivity contribution in [3.63, 3.8) is 0 Å². The van der Waals surface area contributed by atoms with Gasteiger partial charge in [0.1, 0.15) is 6.04 Å². The van der Waals surface area contributed by atoms with Crippen LogP contribution in [0.15, 0.2) is 35.8 Å². The minimum absolute atomic E-state index is 0.126. The number of amides is 2. The Kier molecular flexibility index (Phi) is 3.70. The van der Waals surface area contributed by atoms with Crippen LogP contribution in [0.4, 0.5) is 0 Å². The zero-order chi connectivity index (χ0) is 14.8. The Morgan fingerprint density at radius 2 is 2.29 bits per heavy atom. The molecule has 0 saturated carbocycles. The van der Waals surface area contributed by atoms with E-state index < -0.39 is 6.04 Å². The van der Waals surface area contributed by atoms with Crippen LogP contribution < -0.4 is 5.32 Å². The molecule has 5 nitrogen and oxygen atoms in total. The fraction of sp³-hybridized carbons (Fsp3) is 0.267. The number of aromatic nitrogens is 1. The van der Waals surface area contributed by atoms with Gasteiger partial charge in [-0.3, -0.25) is 14.6 Å². The first-order valence-corrected chi connectivity index (χ1v) is 7.60. The zero-order valence-corrected chi connectivity index (χ0v) is 12.4. The molecule has 3 heterocycles. The third kappa shape index (κ3) is 2.54. The summed E-state index contributed by atoms with van der Waals surface area (Å²) in [6.45, 7) is 2.78. The van der Waals surface area contributed by atoms with Gasteiger partial charge in [0, 0.05) is 29.9 Å².